The van der Waals surface area contributed by atoms with Crippen LogP contribution >= 0.6 is 90.5 Å². The monoisotopic (exact) mass is 543 g/mol. The second-order valence-corrected chi connectivity index (χ2v) is 9.17. The Morgan fingerprint density at radius 3 is 2.39 bits per heavy atom. The summed E-state index contributed by atoms with van der Waals surface area (Å²) >= 11 is 35.0. The zero-order chi connectivity index (χ0) is 17.8. The molecule has 0 spiro atoms. The molecule has 0 unspecified atom stereocenters. The van der Waals surface area contributed by atoms with Gasteiger partial charge in [0, 0.05) is 8.95 Å². The van der Waals surface area contributed by atoms with E-state index in [4.69, 9.17) is 58.6 Å². The van der Waals surface area contributed by atoms with E-state index in [0.717, 1.165) is 20.2 Å². The Morgan fingerprint density at radius 1 is 1.30 bits per heavy atom. The number of thiocarbonyl (C=S) groups is 1. The van der Waals surface area contributed by atoms with E-state index in [9.17, 15) is 4.79 Å². The fraction of sp³-hybridized carbons (Fsp3) is 0.333. The molecule has 128 valence electrons. The van der Waals surface area contributed by atoms with Gasteiger partial charge in [-0.25, -0.2) is 0 Å². The van der Waals surface area contributed by atoms with E-state index in [-0.39, 0.29) is 11.0 Å². The summed E-state index contributed by atoms with van der Waals surface area (Å²) in [4.78, 5) is 11.4. The lowest BCUT2D eigenvalue weighted by Crippen LogP contribution is -2.56. The third-order valence-electron chi connectivity index (χ3n) is 2.52. The summed E-state index contributed by atoms with van der Waals surface area (Å²) in [5.74, 6) is -0.768. The molecule has 0 heterocycles. The lowest BCUT2D eigenvalue weighted by molar-refractivity contribution is -0.119. The predicted molar refractivity (Wildman–Crippen MR) is 109 cm³/mol. The van der Waals surface area contributed by atoms with Gasteiger partial charge in [0.05, 0.1) is 5.69 Å². The molecule has 1 rings (SSSR count). The van der Waals surface area contributed by atoms with Gasteiger partial charge >= 0.3 is 0 Å². The van der Waals surface area contributed by atoms with E-state index in [1.807, 2.05) is 19.1 Å². The number of hydrogen-bond acceptors (Lipinski definition) is 2. The smallest absolute Gasteiger partial charge is 0.236 e. The topological polar surface area (TPSA) is 53.2 Å². The van der Waals surface area contributed by atoms with Gasteiger partial charge in [-0.1, -0.05) is 50.7 Å². The molecule has 11 heteroatoms. The molecule has 0 bridgehead atoms. The fourth-order valence-electron chi connectivity index (χ4n) is 1.54. The minimum atomic E-state index is -1.82. The van der Waals surface area contributed by atoms with Gasteiger partial charge in [0.25, 0.3) is 0 Å². The van der Waals surface area contributed by atoms with Crippen LogP contribution in [-0.4, -0.2) is 26.9 Å². The number of rotatable bonds is 4. The van der Waals surface area contributed by atoms with Crippen LogP contribution in [0.3, 0.4) is 0 Å². The number of carbonyl (C=O) groups excluding carboxylic acids is 1. The summed E-state index contributed by atoms with van der Waals surface area (Å²) in [6.07, 6.45) is -1.05. The highest BCUT2D eigenvalue weighted by molar-refractivity contribution is 9.11. The van der Waals surface area contributed by atoms with E-state index in [1.165, 1.54) is 0 Å². The molecule has 23 heavy (non-hydrogen) atoms. The van der Waals surface area contributed by atoms with Crippen LogP contribution in [0.2, 0.25) is 0 Å². The first-order valence-corrected chi connectivity index (χ1v) is 9.66. The Balaban J connectivity index is 2.86. The summed E-state index contributed by atoms with van der Waals surface area (Å²) in [6.45, 7) is 1.90. The lowest BCUT2D eigenvalue weighted by atomic mass is 10.2. The maximum atomic E-state index is 11.4. The van der Waals surface area contributed by atoms with Gasteiger partial charge in [0.1, 0.15) is 12.0 Å². The van der Waals surface area contributed by atoms with Crippen LogP contribution in [0.4, 0.5) is 5.69 Å². The predicted octanol–water partition coefficient (Wildman–Crippen LogP) is 4.86. The zero-order valence-corrected chi connectivity index (χ0v) is 18.5. The van der Waals surface area contributed by atoms with E-state index in [2.05, 4.69) is 47.8 Å². The van der Waals surface area contributed by atoms with E-state index < -0.39 is 15.9 Å². The van der Waals surface area contributed by atoms with Gasteiger partial charge in [-0.2, -0.15) is 0 Å². The molecule has 1 aromatic carbocycles. The molecule has 0 saturated heterocycles. The van der Waals surface area contributed by atoms with Gasteiger partial charge in [0.2, 0.25) is 9.70 Å². The molecule has 1 aromatic rings. The van der Waals surface area contributed by atoms with Gasteiger partial charge in [0.15, 0.2) is 5.11 Å². The van der Waals surface area contributed by atoms with Gasteiger partial charge in [-0.05, 0) is 52.8 Å². The molecule has 0 radical (unpaired) electrons. The second kappa shape index (κ2) is 9.27. The Kier molecular flexibility index (Phi) is 8.68. The van der Waals surface area contributed by atoms with Crippen LogP contribution in [-0.2, 0) is 4.79 Å². The van der Waals surface area contributed by atoms with Crippen molar-refractivity contribution in [2.75, 3.05) is 11.2 Å². The number of halogens is 6. The van der Waals surface area contributed by atoms with E-state index in [0.29, 0.717) is 0 Å². The van der Waals surface area contributed by atoms with Crippen molar-refractivity contribution < 1.29 is 4.79 Å². The molecule has 1 atom stereocenters. The molecular formula is C12H11Br2Cl4N3OS. The maximum absolute atomic E-state index is 11.4. The average molecular weight is 547 g/mol. The van der Waals surface area contributed by atoms with E-state index >= 15 is 0 Å². The summed E-state index contributed by atoms with van der Waals surface area (Å²) in [6, 6.07) is 3.77. The summed E-state index contributed by atoms with van der Waals surface area (Å²) in [5.41, 5.74) is 1.68. The second-order valence-electron chi connectivity index (χ2n) is 4.35. The van der Waals surface area contributed by atoms with Gasteiger partial charge < -0.3 is 16.0 Å². The summed E-state index contributed by atoms with van der Waals surface area (Å²) < 4.78 is -0.108. The van der Waals surface area contributed by atoms with Crippen molar-refractivity contribution in [3.63, 3.8) is 0 Å². The van der Waals surface area contributed by atoms with Gasteiger partial charge in [-0.3, -0.25) is 4.79 Å². The van der Waals surface area contributed by atoms with Crippen molar-refractivity contribution in [1.29, 1.82) is 0 Å². The number of carbonyl (C=O) groups is 1. The van der Waals surface area contributed by atoms with E-state index in [1.54, 1.807) is 0 Å². The summed E-state index contributed by atoms with van der Waals surface area (Å²) in [5, 5.41) is 8.34. The van der Waals surface area contributed by atoms with Crippen molar-refractivity contribution in [2.45, 2.75) is 16.9 Å². The SMILES string of the molecule is Cc1cc(Br)cc(Br)c1NC(=S)N[C@H](NC(=O)CCl)C(Cl)(Cl)Cl. The number of anilines is 1. The highest BCUT2D eigenvalue weighted by Gasteiger charge is 2.34. The van der Waals surface area contributed by atoms with Crippen LogP contribution in [0.25, 0.3) is 0 Å². The van der Waals surface area contributed by atoms with Crippen LogP contribution in [0.15, 0.2) is 21.1 Å². The van der Waals surface area contributed by atoms with Crippen molar-refractivity contribution in [2.24, 2.45) is 0 Å². The van der Waals surface area contributed by atoms with Crippen LogP contribution in [0, 0.1) is 6.92 Å². The van der Waals surface area contributed by atoms with Crippen molar-refractivity contribution >= 4 is 107 Å². The Labute approximate surface area is 176 Å². The fourth-order valence-corrected chi connectivity index (χ4v) is 3.70. The minimum absolute atomic E-state index is 0.169. The van der Waals surface area contributed by atoms with Gasteiger partial charge in [-0.15, -0.1) is 11.6 Å². The number of amides is 1. The van der Waals surface area contributed by atoms with Crippen LogP contribution in [0.5, 0.6) is 0 Å². The molecule has 0 aliphatic rings. The first kappa shape index (κ1) is 21.5. The number of benzene rings is 1. The maximum Gasteiger partial charge on any atom is 0.236 e. The Hall–Kier alpha value is 0.500. The average Bonchev–Trinajstić information content (AvgIpc) is 2.40. The highest BCUT2D eigenvalue weighted by atomic mass is 79.9. The third-order valence-corrected chi connectivity index (χ3v) is 4.72. The van der Waals surface area contributed by atoms with Crippen LogP contribution in [0.1, 0.15) is 5.56 Å². The van der Waals surface area contributed by atoms with Crippen molar-refractivity contribution in [3.8, 4) is 0 Å². The molecule has 4 nitrogen and oxygen atoms in total. The number of nitrogens with one attached hydrogen (secondary N) is 3. The molecule has 0 fully saturated rings. The minimum Gasteiger partial charge on any atom is -0.339 e. The first-order chi connectivity index (χ1) is 10.5. The summed E-state index contributed by atoms with van der Waals surface area (Å²) in [7, 11) is 0. The zero-order valence-electron chi connectivity index (χ0n) is 11.5. The highest BCUT2D eigenvalue weighted by Crippen LogP contribution is 2.31. The Morgan fingerprint density at radius 2 is 1.91 bits per heavy atom. The number of hydrogen-bond donors (Lipinski definition) is 3. The molecule has 3 N–H and O–H groups in total. The van der Waals surface area contributed by atoms with Crippen molar-refractivity contribution in [3.05, 3.63) is 26.6 Å². The quantitative estimate of drug-likeness (QED) is 0.287. The normalized spacial score (nSPS) is 12.5. The molecule has 0 aliphatic carbocycles. The molecular weight excluding hydrogens is 536 g/mol. The standard InChI is InChI=1S/C12H11Br2Cl4N3OS/c1-5-2-6(13)3-7(14)9(5)20-11(23)21-10(12(16,17)18)19-8(22)4-15/h2-3,10H,4H2,1H3,(H,19,22)(H2,20,21,23)/t10-/m0/s1. The molecule has 0 aliphatic heterocycles. The molecule has 0 aromatic heterocycles. The number of alkyl halides is 4. The lowest BCUT2D eigenvalue weighted by Gasteiger charge is -2.27. The molecule has 1 amide bonds. The number of aryl methyl sites for hydroxylation is 1. The molecule has 0 saturated carbocycles. The van der Waals surface area contributed by atoms with Crippen LogP contribution < -0.4 is 16.0 Å². The first-order valence-electron chi connectivity index (χ1n) is 5.99. The largest absolute Gasteiger partial charge is 0.339 e. The van der Waals surface area contributed by atoms with Crippen molar-refractivity contribution in [1.82, 2.24) is 10.6 Å². The third kappa shape index (κ3) is 7.10. The Bertz CT molecular complexity index is 589.